The van der Waals surface area contributed by atoms with Gasteiger partial charge in [-0.2, -0.15) is 17.4 Å². The molecular weight excluding hydrogens is 294 g/mol. The summed E-state index contributed by atoms with van der Waals surface area (Å²) in [6, 6.07) is 3.78. The number of nitrogens with zero attached hydrogens (tertiary/aromatic N) is 1. The third kappa shape index (κ3) is 3.79. The molecule has 0 aliphatic carbocycles. The van der Waals surface area contributed by atoms with Gasteiger partial charge in [0.1, 0.15) is 0 Å². The van der Waals surface area contributed by atoms with E-state index in [0.29, 0.717) is 19.6 Å². The van der Waals surface area contributed by atoms with E-state index in [0.717, 1.165) is 24.1 Å². The van der Waals surface area contributed by atoms with Crippen LogP contribution in [0.4, 0.5) is 0 Å². The molecule has 2 unspecified atom stereocenters. The summed E-state index contributed by atoms with van der Waals surface area (Å²) in [6.45, 7) is 3.67. The first-order chi connectivity index (χ1) is 9.56. The van der Waals surface area contributed by atoms with Gasteiger partial charge in [0.05, 0.1) is 6.04 Å². The second kappa shape index (κ2) is 7.00. The second-order valence-corrected chi connectivity index (χ2v) is 7.88. The van der Waals surface area contributed by atoms with Crippen LogP contribution in [0, 0.1) is 5.92 Å². The van der Waals surface area contributed by atoms with Crippen LogP contribution in [0.5, 0.6) is 0 Å². The van der Waals surface area contributed by atoms with Crippen molar-refractivity contribution in [2.45, 2.75) is 32.2 Å². The van der Waals surface area contributed by atoms with Crippen LogP contribution in [-0.4, -0.2) is 32.4 Å². The third-order valence-electron chi connectivity index (χ3n) is 3.74. The quantitative estimate of drug-likeness (QED) is 0.838. The molecule has 0 aromatic carbocycles. The molecule has 1 fully saturated rings. The Labute approximate surface area is 125 Å². The van der Waals surface area contributed by atoms with Gasteiger partial charge >= 0.3 is 0 Å². The number of hydrogen-bond donors (Lipinski definition) is 2. The minimum absolute atomic E-state index is 0.141. The zero-order chi connectivity index (χ0) is 14.6. The van der Waals surface area contributed by atoms with Gasteiger partial charge in [-0.15, -0.1) is 11.3 Å². The van der Waals surface area contributed by atoms with Crippen molar-refractivity contribution in [3.63, 3.8) is 0 Å². The molecule has 2 heterocycles. The lowest BCUT2D eigenvalue weighted by molar-refractivity contribution is 0.267. The fraction of sp³-hybridized carbons (Fsp3) is 0.692. The average Bonchev–Trinajstić information content (AvgIpc) is 2.99. The summed E-state index contributed by atoms with van der Waals surface area (Å²) in [4.78, 5) is 1.06. The van der Waals surface area contributed by atoms with Crippen LogP contribution in [0.25, 0.3) is 0 Å². The molecule has 7 heteroatoms. The Morgan fingerprint density at radius 2 is 2.40 bits per heavy atom. The molecule has 5 nitrogen and oxygen atoms in total. The number of nitrogens with one attached hydrogen (secondary N) is 1. The summed E-state index contributed by atoms with van der Waals surface area (Å²) in [5.74, 6) is 0.280. The van der Waals surface area contributed by atoms with Crippen molar-refractivity contribution in [3.8, 4) is 0 Å². The van der Waals surface area contributed by atoms with E-state index >= 15 is 0 Å². The normalized spacial score (nSPS) is 22.8. The lowest BCUT2D eigenvalue weighted by Gasteiger charge is -2.32. The molecule has 0 radical (unpaired) electrons. The Kier molecular flexibility index (Phi) is 5.57. The minimum Gasteiger partial charge on any atom is -0.330 e. The van der Waals surface area contributed by atoms with Gasteiger partial charge in [-0.25, -0.2) is 0 Å². The van der Waals surface area contributed by atoms with E-state index in [9.17, 15) is 8.42 Å². The SMILES string of the molecule is CCC(NS(=O)(=O)N1CCCC(CN)C1)c1cccs1. The average molecular weight is 317 g/mol. The molecule has 1 saturated heterocycles. The standard InChI is InChI=1S/C13H23N3O2S2/c1-2-12(13-6-4-8-19-13)15-20(17,18)16-7-3-5-11(9-14)10-16/h4,6,8,11-12,15H,2-3,5,7,9-10,14H2,1H3. The Bertz CT molecular complexity index is 502. The highest BCUT2D eigenvalue weighted by atomic mass is 32.2. The third-order valence-corrected chi connectivity index (χ3v) is 6.32. The monoisotopic (exact) mass is 317 g/mol. The fourth-order valence-electron chi connectivity index (χ4n) is 2.52. The molecule has 0 spiro atoms. The molecule has 1 aliphatic heterocycles. The maximum Gasteiger partial charge on any atom is 0.280 e. The van der Waals surface area contributed by atoms with E-state index in [1.807, 2.05) is 24.4 Å². The lowest BCUT2D eigenvalue weighted by atomic mass is 10.0. The van der Waals surface area contributed by atoms with E-state index in [2.05, 4.69) is 4.72 Å². The molecule has 0 saturated carbocycles. The van der Waals surface area contributed by atoms with E-state index in [1.165, 1.54) is 0 Å². The van der Waals surface area contributed by atoms with Gasteiger partial charge in [-0.1, -0.05) is 13.0 Å². The van der Waals surface area contributed by atoms with Gasteiger partial charge in [0, 0.05) is 18.0 Å². The van der Waals surface area contributed by atoms with Crippen LogP contribution in [0.2, 0.25) is 0 Å². The van der Waals surface area contributed by atoms with Crippen LogP contribution < -0.4 is 10.5 Å². The van der Waals surface area contributed by atoms with E-state index in [-0.39, 0.29) is 12.0 Å². The summed E-state index contributed by atoms with van der Waals surface area (Å²) in [7, 11) is -3.43. The summed E-state index contributed by atoms with van der Waals surface area (Å²) in [6.07, 6.45) is 2.65. The largest absolute Gasteiger partial charge is 0.330 e. The first kappa shape index (κ1) is 15.9. The van der Waals surface area contributed by atoms with Crippen molar-refractivity contribution in [2.75, 3.05) is 19.6 Å². The van der Waals surface area contributed by atoms with Gasteiger partial charge in [0.2, 0.25) is 0 Å². The van der Waals surface area contributed by atoms with Crippen LogP contribution in [-0.2, 0) is 10.2 Å². The van der Waals surface area contributed by atoms with E-state index in [1.54, 1.807) is 15.6 Å². The minimum atomic E-state index is -3.43. The van der Waals surface area contributed by atoms with Gasteiger partial charge in [-0.05, 0) is 43.2 Å². The van der Waals surface area contributed by atoms with Crippen molar-refractivity contribution < 1.29 is 8.42 Å². The van der Waals surface area contributed by atoms with Crippen molar-refractivity contribution >= 4 is 21.5 Å². The summed E-state index contributed by atoms with van der Waals surface area (Å²) >= 11 is 1.58. The molecule has 114 valence electrons. The number of rotatable bonds is 6. The molecule has 1 aliphatic rings. The molecule has 0 bridgehead atoms. The lowest BCUT2D eigenvalue weighted by Crippen LogP contribution is -2.47. The highest BCUT2D eigenvalue weighted by Crippen LogP contribution is 2.24. The highest BCUT2D eigenvalue weighted by molar-refractivity contribution is 7.87. The van der Waals surface area contributed by atoms with Crippen LogP contribution in [0.1, 0.15) is 37.1 Å². The number of piperidine rings is 1. The Hall–Kier alpha value is -0.470. The maximum atomic E-state index is 12.5. The Morgan fingerprint density at radius 3 is 3.00 bits per heavy atom. The van der Waals surface area contributed by atoms with Gasteiger partial charge in [0.25, 0.3) is 10.2 Å². The van der Waals surface area contributed by atoms with Crippen molar-refractivity contribution in [1.29, 1.82) is 0 Å². The number of nitrogens with two attached hydrogens (primary N) is 1. The van der Waals surface area contributed by atoms with E-state index in [4.69, 9.17) is 5.73 Å². The predicted octanol–water partition coefficient (Wildman–Crippen LogP) is 1.70. The molecule has 1 aromatic rings. The molecule has 0 amide bonds. The van der Waals surface area contributed by atoms with Crippen molar-refractivity contribution in [3.05, 3.63) is 22.4 Å². The van der Waals surface area contributed by atoms with Crippen molar-refractivity contribution in [2.24, 2.45) is 11.7 Å². The zero-order valence-electron chi connectivity index (χ0n) is 11.8. The Balaban J connectivity index is 2.06. The zero-order valence-corrected chi connectivity index (χ0v) is 13.4. The van der Waals surface area contributed by atoms with Crippen LogP contribution in [0.15, 0.2) is 17.5 Å². The Morgan fingerprint density at radius 1 is 1.60 bits per heavy atom. The van der Waals surface area contributed by atoms with Crippen LogP contribution >= 0.6 is 11.3 Å². The molecule has 1 aromatic heterocycles. The second-order valence-electron chi connectivity index (χ2n) is 5.20. The topological polar surface area (TPSA) is 75.4 Å². The number of thiophene rings is 1. The van der Waals surface area contributed by atoms with E-state index < -0.39 is 10.2 Å². The fourth-order valence-corrected chi connectivity index (χ4v) is 5.04. The predicted molar refractivity (Wildman–Crippen MR) is 82.8 cm³/mol. The van der Waals surface area contributed by atoms with Gasteiger partial charge < -0.3 is 5.73 Å². The molecule has 20 heavy (non-hydrogen) atoms. The molecule has 2 rings (SSSR count). The van der Waals surface area contributed by atoms with Gasteiger partial charge in [0.15, 0.2) is 0 Å². The summed E-state index contributed by atoms with van der Waals surface area (Å²) in [5.41, 5.74) is 5.67. The molecular formula is C13H23N3O2S2. The molecule has 3 N–H and O–H groups in total. The maximum absolute atomic E-state index is 12.5. The molecule has 2 atom stereocenters. The van der Waals surface area contributed by atoms with Crippen molar-refractivity contribution in [1.82, 2.24) is 9.03 Å². The summed E-state index contributed by atoms with van der Waals surface area (Å²) in [5, 5.41) is 1.97. The van der Waals surface area contributed by atoms with Gasteiger partial charge in [-0.3, -0.25) is 0 Å². The number of hydrogen-bond acceptors (Lipinski definition) is 4. The first-order valence-corrected chi connectivity index (χ1v) is 9.39. The highest BCUT2D eigenvalue weighted by Gasteiger charge is 2.30. The van der Waals surface area contributed by atoms with Crippen LogP contribution in [0.3, 0.4) is 0 Å². The smallest absolute Gasteiger partial charge is 0.280 e. The summed E-state index contributed by atoms with van der Waals surface area (Å²) < 4.78 is 29.4. The first-order valence-electron chi connectivity index (χ1n) is 7.07.